The number of hydrogen-bond donors (Lipinski definition) is 1. The first-order chi connectivity index (χ1) is 6.75. The lowest BCUT2D eigenvalue weighted by Crippen LogP contribution is -2.21. The molecule has 1 heterocycles. The Morgan fingerprint density at radius 2 is 1.79 bits per heavy atom. The number of nitrogens with one attached hydrogen (secondary N) is 1. The molecule has 0 unspecified atom stereocenters. The van der Waals surface area contributed by atoms with Crippen molar-refractivity contribution >= 4 is 12.2 Å². The normalized spacial score (nSPS) is 10.1. The molecule has 0 atom stereocenters. The monoisotopic (exact) mass is 193 g/mol. The first-order valence-corrected chi connectivity index (χ1v) is 5.21. The van der Waals surface area contributed by atoms with Crippen LogP contribution in [0.3, 0.4) is 0 Å². The van der Waals surface area contributed by atoms with Gasteiger partial charge in [-0.05, 0) is 18.6 Å². The summed E-state index contributed by atoms with van der Waals surface area (Å²) in [5, 5.41) is 2.10. The molecule has 0 aromatic carbocycles. The molecular weight excluding hydrogens is 170 g/mol. The summed E-state index contributed by atoms with van der Waals surface area (Å²) in [6, 6.07) is 2.00. The zero-order valence-corrected chi connectivity index (χ0v) is 10.1. The molecule has 0 radical (unpaired) electrons. The molecule has 0 aliphatic rings. The average molecular weight is 193 g/mol. The Kier molecular flexibility index (Phi) is 10.7. The van der Waals surface area contributed by atoms with Crippen molar-refractivity contribution < 1.29 is 0 Å². The average Bonchev–Trinajstić information content (AvgIpc) is 2.69. The van der Waals surface area contributed by atoms with Crippen molar-refractivity contribution in [2.45, 2.75) is 34.6 Å². The van der Waals surface area contributed by atoms with E-state index >= 15 is 0 Å². The number of aromatic amines is 1. The van der Waals surface area contributed by atoms with E-state index in [1.54, 1.807) is 0 Å². The zero-order valence-electron chi connectivity index (χ0n) is 10.1. The van der Waals surface area contributed by atoms with Gasteiger partial charge >= 0.3 is 0 Å². The molecule has 1 aromatic rings. The van der Waals surface area contributed by atoms with Crippen molar-refractivity contribution in [2.24, 2.45) is 0 Å². The van der Waals surface area contributed by atoms with Crippen LogP contribution in [0.4, 0.5) is 0 Å². The third-order valence-electron chi connectivity index (χ3n) is 1.56. The number of allylic oxidation sites excluding steroid dienone is 1. The fraction of sp³-hybridized carbons (Fsp3) is 0.385. The van der Waals surface area contributed by atoms with Crippen molar-refractivity contribution in [1.29, 1.82) is 0 Å². The van der Waals surface area contributed by atoms with E-state index in [0.29, 0.717) is 0 Å². The molecule has 1 N–H and O–H groups in total. The molecule has 80 valence electrons. The van der Waals surface area contributed by atoms with E-state index in [1.165, 1.54) is 0 Å². The lowest BCUT2D eigenvalue weighted by Gasteiger charge is -1.84. The van der Waals surface area contributed by atoms with Crippen molar-refractivity contribution in [2.75, 3.05) is 0 Å². The van der Waals surface area contributed by atoms with Gasteiger partial charge in [0, 0.05) is 16.8 Å². The van der Waals surface area contributed by atoms with Gasteiger partial charge in [0.15, 0.2) is 0 Å². The third-order valence-corrected chi connectivity index (χ3v) is 1.56. The molecule has 1 heteroatoms. The van der Waals surface area contributed by atoms with Crippen LogP contribution in [0.2, 0.25) is 0 Å². The highest BCUT2D eigenvalue weighted by molar-refractivity contribution is 5.52. The minimum absolute atomic E-state index is 0.956. The molecule has 0 amide bonds. The van der Waals surface area contributed by atoms with Gasteiger partial charge in [-0.2, -0.15) is 0 Å². The Labute approximate surface area is 87.9 Å². The molecule has 0 saturated heterocycles. The number of hydrogen-bond acceptors (Lipinski definition) is 0. The summed E-state index contributed by atoms with van der Waals surface area (Å²) in [4.78, 5) is 3.00. The Hall–Kier alpha value is -1.24. The summed E-state index contributed by atoms with van der Waals surface area (Å²) in [5.74, 6) is 0. The molecule has 14 heavy (non-hydrogen) atoms. The van der Waals surface area contributed by atoms with Gasteiger partial charge in [0.25, 0.3) is 0 Å². The van der Waals surface area contributed by atoms with Crippen LogP contribution in [0.1, 0.15) is 34.6 Å². The maximum absolute atomic E-state index is 3.83. The van der Waals surface area contributed by atoms with Gasteiger partial charge in [0.1, 0.15) is 0 Å². The van der Waals surface area contributed by atoms with Gasteiger partial charge in [0.2, 0.25) is 0 Å². The molecule has 0 aliphatic heterocycles. The third kappa shape index (κ3) is 4.70. The standard InChI is InChI=1S/C9H11N.2C2H6/c1-4-7(2)9-5-6-10-8(9)3;2*1-2/h4-6,10H,1,3H2,2H3;2*1-2H3/b9-7-;;. The van der Waals surface area contributed by atoms with Crippen molar-refractivity contribution in [3.8, 4) is 0 Å². The summed E-state index contributed by atoms with van der Waals surface area (Å²) < 4.78 is 0. The Balaban J connectivity index is 0. The predicted molar refractivity (Wildman–Crippen MR) is 67.5 cm³/mol. The highest BCUT2D eigenvalue weighted by Gasteiger charge is 1.85. The van der Waals surface area contributed by atoms with E-state index < -0.39 is 0 Å². The highest BCUT2D eigenvalue weighted by atomic mass is 14.6. The van der Waals surface area contributed by atoms with Crippen LogP contribution in [0.15, 0.2) is 24.9 Å². The van der Waals surface area contributed by atoms with Gasteiger partial charge < -0.3 is 4.98 Å². The van der Waals surface area contributed by atoms with E-state index in [1.807, 2.05) is 53.0 Å². The predicted octanol–water partition coefficient (Wildman–Crippen LogP) is 2.83. The second-order valence-corrected chi connectivity index (χ2v) is 2.26. The summed E-state index contributed by atoms with van der Waals surface area (Å²) in [7, 11) is 0. The quantitative estimate of drug-likeness (QED) is 0.706. The summed E-state index contributed by atoms with van der Waals surface area (Å²) in [5.41, 5.74) is 1.16. The molecule has 0 aliphatic carbocycles. The first-order valence-electron chi connectivity index (χ1n) is 5.21. The van der Waals surface area contributed by atoms with Gasteiger partial charge in [0.05, 0.1) is 0 Å². The Morgan fingerprint density at radius 3 is 2.07 bits per heavy atom. The molecule has 1 rings (SSSR count). The van der Waals surface area contributed by atoms with Crippen molar-refractivity contribution in [3.63, 3.8) is 0 Å². The largest absolute Gasteiger partial charge is 0.362 e. The summed E-state index contributed by atoms with van der Waals surface area (Å²) in [6.45, 7) is 17.5. The molecular formula is C13H23N. The van der Waals surface area contributed by atoms with Crippen LogP contribution in [0.5, 0.6) is 0 Å². The van der Waals surface area contributed by atoms with E-state index in [4.69, 9.17) is 0 Å². The molecule has 0 bridgehead atoms. The van der Waals surface area contributed by atoms with Crippen LogP contribution in [-0.4, -0.2) is 4.98 Å². The molecule has 0 spiro atoms. The maximum Gasteiger partial charge on any atom is 0.0383 e. The van der Waals surface area contributed by atoms with Gasteiger partial charge in [-0.3, -0.25) is 0 Å². The van der Waals surface area contributed by atoms with E-state index in [2.05, 4.69) is 18.1 Å². The fourth-order valence-electron chi connectivity index (χ4n) is 0.883. The number of aromatic nitrogens is 1. The SMILES string of the molecule is C=C/C(C)=c1/cc[nH]c1=C.CC.CC. The van der Waals surface area contributed by atoms with E-state index in [-0.39, 0.29) is 0 Å². The Morgan fingerprint density at radius 1 is 1.29 bits per heavy atom. The minimum atomic E-state index is 0.956. The highest BCUT2D eigenvalue weighted by Crippen LogP contribution is 1.86. The lowest BCUT2D eigenvalue weighted by atomic mass is 10.2. The van der Waals surface area contributed by atoms with Gasteiger partial charge in [-0.15, -0.1) is 0 Å². The zero-order chi connectivity index (χ0) is 11.6. The molecule has 0 saturated carbocycles. The van der Waals surface area contributed by atoms with Crippen LogP contribution in [0, 0.1) is 0 Å². The number of rotatable bonds is 1. The van der Waals surface area contributed by atoms with Crippen LogP contribution >= 0.6 is 0 Å². The number of H-pyrrole nitrogens is 1. The first kappa shape index (κ1) is 15.2. The van der Waals surface area contributed by atoms with E-state index in [0.717, 1.165) is 16.1 Å². The van der Waals surface area contributed by atoms with Gasteiger partial charge in [-0.1, -0.05) is 46.9 Å². The molecule has 0 fully saturated rings. The van der Waals surface area contributed by atoms with Crippen LogP contribution in [0.25, 0.3) is 12.2 Å². The van der Waals surface area contributed by atoms with Crippen molar-refractivity contribution in [3.05, 3.63) is 35.5 Å². The molecule has 1 aromatic heterocycles. The second-order valence-electron chi connectivity index (χ2n) is 2.26. The van der Waals surface area contributed by atoms with Crippen molar-refractivity contribution in [1.82, 2.24) is 4.98 Å². The topological polar surface area (TPSA) is 15.8 Å². The summed E-state index contributed by atoms with van der Waals surface area (Å²) >= 11 is 0. The second kappa shape index (κ2) is 9.85. The van der Waals surface area contributed by atoms with Crippen LogP contribution < -0.4 is 10.6 Å². The van der Waals surface area contributed by atoms with Gasteiger partial charge in [-0.25, -0.2) is 0 Å². The maximum atomic E-state index is 3.83. The summed E-state index contributed by atoms with van der Waals surface area (Å²) in [6.07, 6.45) is 3.71. The van der Waals surface area contributed by atoms with Crippen LogP contribution in [-0.2, 0) is 0 Å². The smallest absolute Gasteiger partial charge is 0.0383 e. The fourth-order valence-corrected chi connectivity index (χ4v) is 0.883. The minimum Gasteiger partial charge on any atom is -0.362 e. The molecule has 1 nitrogen and oxygen atoms in total. The van der Waals surface area contributed by atoms with E-state index in [9.17, 15) is 0 Å². The lowest BCUT2D eigenvalue weighted by molar-refractivity contribution is 1.32. The Bertz CT molecular complexity index is 330.